The van der Waals surface area contributed by atoms with Crippen LogP contribution in [0.5, 0.6) is 5.75 Å². The summed E-state index contributed by atoms with van der Waals surface area (Å²) < 4.78 is 5.61. The molecule has 0 radical (unpaired) electrons. The molecule has 114 valence electrons. The first-order chi connectivity index (χ1) is 10.2. The van der Waals surface area contributed by atoms with Crippen molar-refractivity contribution < 1.29 is 9.53 Å². The highest BCUT2D eigenvalue weighted by atomic mass is 35.5. The molecule has 1 aromatic rings. The van der Waals surface area contributed by atoms with Crippen molar-refractivity contribution in [2.24, 2.45) is 11.7 Å². The topological polar surface area (TPSA) is 58.8 Å². The highest BCUT2D eigenvalue weighted by Crippen LogP contribution is 2.34. The summed E-state index contributed by atoms with van der Waals surface area (Å²) >= 11 is 6.05. The maximum atomic E-state index is 12.4. The van der Waals surface area contributed by atoms with Gasteiger partial charge in [0, 0.05) is 18.1 Å². The van der Waals surface area contributed by atoms with Gasteiger partial charge in [-0.2, -0.15) is 0 Å². The van der Waals surface area contributed by atoms with Crippen LogP contribution in [0.25, 0.3) is 0 Å². The molecule has 1 fully saturated rings. The highest BCUT2D eigenvalue weighted by Gasteiger charge is 2.28. The number of ether oxygens (including phenoxy) is 1. The van der Waals surface area contributed by atoms with Crippen molar-refractivity contribution in [2.75, 3.05) is 44.2 Å². The van der Waals surface area contributed by atoms with Gasteiger partial charge in [0.15, 0.2) is 0 Å². The van der Waals surface area contributed by atoms with Gasteiger partial charge in [-0.25, -0.2) is 0 Å². The molecule has 2 N–H and O–H groups in total. The van der Waals surface area contributed by atoms with E-state index < -0.39 is 0 Å². The Bertz CT molecular complexity index is 538. The number of benzene rings is 1. The van der Waals surface area contributed by atoms with Gasteiger partial charge in [-0.3, -0.25) is 4.79 Å². The molecule has 2 heterocycles. The summed E-state index contributed by atoms with van der Waals surface area (Å²) in [5, 5.41) is 0.654. The fraction of sp³-hybridized carbons (Fsp3) is 0.533. The standard InChI is InChI=1S/C15H20ClN3O2/c16-12-1-2-14-13(7-12)18(5-6-21-14)10-15(20)19-4-3-11(8-17)9-19/h1-2,7,11H,3-6,8-10,17H2/t11-/m1/s1. The van der Waals surface area contributed by atoms with Crippen LogP contribution in [0.1, 0.15) is 6.42 Å². The molecule has 0 unspecified atom stereocenters. The molecule has 0 aliphatic carbocycles. The Labute approximate surface area is 129 Å². The van der Waals surface area contributed by atoms with Crippen LogP contribution in [-0.2, 0) is 4.79 Å². The maximum absolute atomic E-state index is 12.4. The van der Waals surface area contributed by atoms with Crippen LogP contribution in [0, 0.1) is 5.92 Å². The van der Waals surface area contributed by atoms with Gasteiger partial charge < -0.3 is 20.3 Å². The third-order valence-corrected chi connectivity index (χ3v) is 4.41. The minimum absolute atomic E-state index is 0.152. The zero-order valence-corrected chi connectivity index (χ0v) is 12.7. The molecule has 1 atom stereocenters. The molecule has 0 aromatic heterocycles. The molecule has 0 bridgehead atoms. The Morgan fingerprint density at radius 3 is 3.05 bits per heavy atom. The summed E-state index contributed by atoms with van der Waals surface area (Å²) in [6.45, 7) is 3.91. The molecule has 1 saturated heterocycles. The van der Waals surface area contributed by atoms with Gasteiger partial charge in [-0.1, -0.05) is 11.6 Å². The fourth-order valence-electron chi connectivity index (χ4n) is 2.93. The third kappa shape index (κ3) is 3.09. The largest absolute Gasteiger partial charge is 0.490 e. The van der Waals surface area contributed by atoms with Crippen molar-refractivity contribution in [3.05, 3.63) is 23.2 Å². The minimum atomic E-state index is 0.152. The van der Waals surface area contributed by atoms with E-state index in [2.05, 4.69) is 0 Å². The number of amides is 1. The number of likely N-dealkylation sites (tertiary alicyclic amines) is 1. The molecule has 1 amide bonds. The van der Waals surface area contributed by atoms with Gasteiger partial charge in [0.1, 0.15) is 12.4 Å². The van der Waals surface area contributed by atoms with Crippen LogP contribution in [0.2, 0.25) is 5.02 Å². The zero-order valence-electron chi connectivity index (χ0n) is 11.9. The molecule has 2 aliphatic rings. The van der Waals surface area contributed by atoms with Crippen LogP contribution >= 0.6 is 11.6 Å². The van der Waals surface area contributed by atoms with E-state index in [1.165, 1.54) is 0 Å². The number of hydrogen-bond acceptors (Lipinski definition) is 4. The molecule has 21 heavy (non-hydrogen) atoms. The van der Waals surface area contributed by atoms with Crippen LogP contribution < -0.4 is 15.4 Å². The average Bonchev–Trinajstić information content (AvgIpc) is 2.97. The van der Waals surface area contributed by atoms with Crippen LogP contribution in [0.4, 0.5) is 5.69 Å². The second kappa shape index (κ2) is 6.12. The van der Waals surface area contributed by atoms with Gasteiger partial charge in [0.2, 0.25) is 5.91 Å². The minimum Gasteiger partial charge on any atom is -0.490 e. The summed E-state index contributed by atoms with van der Waals surface area (Å²) in [4.78, 5) is 16.4. The molecule has 0 saturated carbocycles. The van der Waals surface area contributed by atoms with Gasteiger partial charge >= 0.3 is 0 Å². The number of nitrogens with two attached hydrogens (primary N) is 1. The number of fused-ring (bicyclic) bond motifs is 1. The number of halogens is 1. The average molecular weight is 310 g/mol. The molecule has 0 spiro atoms. The summed E-state index contributed by atoms with van der Waals surface area (Å²) in [6.07, 6.45) is 1.01. The normalized spacial score (nSPS) is 21.1. The van der Waals surface area contributed by atoms with Crippen LogP contribution in [0.3, 0.4) is 0 Å². The lowest BCUT2D eigenvalue weighted by atomic mass is 10.1. The lowest BCUT2D eigenvalue weighted by Gasteiger charge is -2.32. The first-order valence-electron chi connectivity index (χ1n) is 7.32. The van der Waals surface area contributed by atoms with Crippen LogP contribution in [-0.4, -0.2) is 50.1 Å². The van der Waals surface area contributed by atoms with E-state index in [4.69, 9.17) is 22.1 Å². The van der Waals surface area contributed by atoms with E-state index in [1.54, 1.807) is 6.07 Å². The molecule has 5 nitrogen and oxygen atoms in total. The van der Waals surface area contributed by atoms with Gasteiger partial charge in [0.25, 0.3) is 0 Å². The first-order valence-corrected chi connectivity index (χ1v) is 7.70. The SMILES string of the molecule is NC[C@H]1CCN(C(=O)CN2CCOc3ccc(Cl)cc32)C1. The molecular formula is C15H20ClN3O2. The summed E-state index contributed by atoms with van der Waals surface area (Å²) in [5.74, 6) is 1.39. The molecule has 2 aliphatic heterocycles. The van der Waals surface area contributed by atoms with E-state index in [-0.39, 0.29) is 5.91 Å². The van der Waals surface area contributed by atoms with Crippen molar-refractivity contribution in [1.29, 1.82) is 0 Å². The monoisotopic (exact) mass is 309 g/mol. The fourth-order valence-corrected chi connectivity index (χ4v) is 3.09. The first kappa shape index (κ1) is 14.5. The molecular weight excluding hydrogens is 290 g/mol. The summed E-state index contributed by atoms with van der Waals surface area (Å²) in [7, 11) is 0. The van der Waals surface area contributed by atoms with Crippen molar-refractivity contribution in [3.63, 3.8) is 0 Å². The quantitative estimate of drug-likeness (QED) is 0.915. The van der Waals surface area contributed by atoms with E-state index in [9.17, 15) is 4.79 Å². The molecule has 1 aromatic carbocycles. The number of nitrogens with zero attached hydrogens (tertiary/aromatic N) is 2. The second-order valence-corrected chi connectivity index (χ2v) is 6.05. The Kier molecular flexibility index (Phi) is 4.22. The number of carbonyl (C=O) groups excluding carboxylic acids is 1. The third-order valence-electron chi connectivity index (χ3n) is 4.18. The van der Waals surface area contributed by atoms with E-state index in [1.807, 2.05) is 21.9 Å². The van der Waals surface area contributed by atoms with Crippen molar-refractivity contribution >= 4 is 23.2 Å². The van der Waals surface area contributed by atoms with E-state index in [0.717, 1.165) is 30.9 Å². The van der Waals surface area contributed by atoms with Gasteiger partial charge in [-0.15, -0.1) is 0 Å². The Balaban J connectivity index is 1.69. The van der Waals surface area contributed by atoms with E-state index in [0.29, 0.717) is 37.2 Å². The maximum Gasteiger partial charge on any atom is 0.242 e. The Morgan fingerprint density at radius 2 is 2.29 bits per heavy atom. The summed E-state index contributed by atoms with van der Waals surface area (Å²) in [6, 6.07) is 5.52. The van der Waals surface area contributed by atoms with Gasteiger partial charge in [-0.05, 0) is 37.1 Å². The molecule has 3 rings (SSSR count). The predicted molar refractivity (Wildman–Crippen MR) is 82.9 cm³/mol. The van der Waals surface area contributed by atoms with Crippen LogP contribution in [0.15, 0.2) is 18.2 Å². The number of anilines is 1. The van der Waals surface area contributed by atoms with Crippen molar-refractivity contribution in [1.82, 2.24) is 4.90 Å². The highest BCUT2D eigenvalue weighted by molar-refractivity contribution is 6.31. The Morgan fingerprint density at radius 1 is 1.43 bits per heavy atom. The van der Waals surface area contributed by atoms with Gasteiger partial charge in [0.05, 0.1) is 18.8 Å². The van der Waals surface area contributed by atoms with Crippen molar-refractivity contribution in [3.8, 4) is 5.75 Å². The number of hydrogen-bond donors (Lipinski definition) is 1. The zero-order chi connectivity index (χ0) is 14.8. The summed E-state index contributed by atoms with van der Waals surface area (Å²) in [5.41, 5.74) is 6.58. The smallest absolute Gasteiger partial charge is 0.242 e. The van der Waals surface area contributed by atoms with E-state index >= 15 is 0 Å². The lowest BCUT2D eigenvalue weighted by Crippen LogP contribution is -2.42. The Hall–Kier alpha value is -1.46. The van der Waals surface area contributed by atoms with Crippen molar-refractivity contribution in [2.45, 2.75) is 6.42 Å². The number of carbonyl (C=O) groups is 1. The lowest BCUT2D eigenvalue weighted by molar-refractivity contribution is -0.128. The predicted octanol–water partition coefficient (Wildman–Crippen LogP) is 1.35. The second-order valence-electron chi connectivity index (χ2n) is 5.61. The number of rotatable bonds is 3. The molecule has 6 heteroatoms.